The van der Waals surface area contributed by atoms with Crippen LogP contribution < -0.4 is 4.90 Å². The smallest absolute Gasteiger partial charge is 0.0931 e. The van der Waals surface area contributed by atoms with E-state index in [-0.39, 0.29) is 0 Å². The SMILES string of the molecule is CC(O)c1ccc(N(Cc2ccccc2)C(C)C)cn1. The van der Waals surface area contributed by atoms with E-state index in [2.05, 4.69) is 48.0 Å². The topological polar surface area (TPSA) is 36.4 Å². The van der Waals surface area contributed by atoms with Gasteiger partial charge in [0.2, 0.25) is 0 Å². The normalized spacial score (nSPS) is 12.4. The molecule has 0 aliphatic heterocycles. The first kappa shape index (κ1) is 14.5. The van der Waals surface area contributed by atoms with Crippen LogP contribution in [-0.2, 0) is 6.54 Å². The number of aromatic nitrogens is 1. The first-order valence-corrected chi connectivity index (χ1v) is 7.02. The molecular formula is C17H22N2O. The lowest BCUT2D eigenvalue weighted by Crippen LogP contribution is -2.30. The highest BCUT2D eigenvalue weighted by Crippen LogP contribution is 2.21. The van der Waals surface area contributed by atoms with Gasteiger partial charge in [-0.25, -0.2) is 0 Å². The van der Waals surface area contributed by atoms with Crippen molar-refractivity contribution in [2.45, 2.75) is 39.5 Å². The first-order chi connectivity index (χ1) is 9.58. The molecule has 0 saturated carbocycles. The van der Waals surface area contributed by atoms with E-state index in [0.29, 0.717) is 11.7 Å². The Morgan fingerprint density at radius 1 is 1.05 bits per heavy atom. The van der Waals surface area contributed by atoms with Crippen LogP contribution in [-0.4, -0.2) is 16.1 Å². The molecule has 2 aromatic rings. The molecule has 1 heterocycles. The van der Waals surface area contributed by atoms with Gasteiger partial charge in [0.25, 0.3) is 0 Å². The molecule has 0 saturated heterocycles. The van der Waals surface area contributed by atoms with E-state index in [9.17, 15) is 5.11 Å². The van der Waals surface area contributed by atoms with Crippen LogP contribution in [0, 0.1) is 0 Å². The zero-order valence-corrected chi connectivity index (χ0v) is 12.3. The number of hydrogen-bond donors (Lipinski definition) is 1. The summed E-state index contributed by atoms with van der Waals surface area (Å²) in [5.41, 5.74) is 3.06. The predicted octanol–water partition coefficient (Wildman–Crippen LogP) is 3.55. The number of aliphatic hydroxyl groups is 1. The fourth-order valence-corrected chi connectivity index (χ4v) is 2.17. The van der Waals surface area contributed by atoms with E-state index in [1.54, 1.807) is 6.92 Å². The summed E-state index contributed by atoms with van der Waals surface area (Å²) in [6.45, 7) is 6.93. The second-order valence-electron chi connectivity index (χ2n) is 5.32. The number of rotatable bonds is 5. The monoisotopic (exact) mass is 270 g/mol. The molecule has 0 aliphatic carbocycles. The third-order valence-electron chi connectivity index (χ3n) is 3.35. The minimum atomic E-state index is -0.523. The molecule has 1 aromatic heterocycles. The van der Waals surface area contributed by atoms with Gasteiger partial charge in [0.15, 0.2) is 0 Å². The Kier molecular flexibility index (Phi) is 4.74. The van der Waals surface area contributed by atoms with Gasteiger partial charge in [0.1, 0.15) is 0 Å². The maximum absolute atomic E-state index is 9.52. The molecule has 0 aliphatic rings. The van der Waals surface area contributed by atoms with Crippen molar-refractivity contribution >= 4 is 5.69 Å². The average Bonchev–Trinajstić information content (AvgIpc) is 2.45. The molecule has 1 atom stereocenters. The van der Waals surface area contributed by atoms with E-state index < -0.39 is 6.10 Å². The van der Waals surface area contributed by atoms with Crippen molar-refractivity contribution in [3.63, 3.8) is 0 Å². The lowest BCUT2D eigenvalue weighted by molar-refractivity contribution is 0.194. The molecule has 0 amide bonds. The van der Waals surface area contributed by atoms with Crippen molar-refractivity contribution in [1.29, 1.82) is 0 Å². The molecule has 1 aromatic carbocycles. The van der Waals surface area contributed by atoms with Crippen LogP contribution in [0.4, 0.5) is 5.69 Å². The minimum Gasteiger partial charge on any atom is -0.387 e. The standard InChI is InChI=1S/C17H22N2O/c1-13(2)19(12-15-7-5-4-6-8-15)16-9-10-17(14(3)20)18-11-16/h4-11,13-14,20H,12H2,1-3H3. The van der Waals surface area contributed by atoms with Crippen LogP contribution >= 0.6 is 0 Å². The summed E-state index contributed by atoms with van der Waals surface area (Å²) < 4.78 is 0. The van der Waals surface area contributed by atoms with Gasteiger partial charge in [-0.2, -0.15) is 0 Å². The number of nitrogens with zero attached hydrogens (tertiary/aromatic N) is 2. The Morgan fingerprint density at radius 2 is 1.75 bits per heavy atom. The third kappa shape index (κ3) is 3.58. The molecule has 2 rings (SSSR count). The van der Waals surface area contributed by atoms with Crippen molar-refractivity contribution in [3.8, 4) is 0 Å². The fourth-order valence-electron chi connectivity index (χ4n) is 2.17. The van der Waals surface area contributed by atoms with Crippen molar-refractivity contribution in [3.05, 3.63) is 59.9 Å². The Labute approximate surface area is 120 Å². The number of anilines is 1. The van der Waals surface area contributed by atoms with Crippen molar-refractivity contribution in [2.75, 3.05) is 4.90 Å². The largest absolute Gasteiger partial charge is 0.387 e. The molecule has 3 heteroatoms. The average molecular weight is 270 g/mol. The maximum Gasteiger partial charge on any atom is 0.0931 e. The Hall–Kier alpha value is -1.87. The molecule has 0 fully saturated rings. The minimum absolute atomic E-state index is 0.384. The van der Waals surface area contributed by atoms with Crippen LogP contribution in [0.2, 0.25) is 0 Å². The van der Waals surface area contributed by atoms with E-state index in [4.69, 9.17) is 0 Å². The summed E-state index contributed by atoms with van der Waals surface area (Å²) in [6.07, 6.45) is 1.32. The second-order valence-corrected chi connectivity index (χ2v) is 5.32. The van der Waals surface area contributed by atoms with Gasteiger partial charge in [-0.05, 0) is 38.5 Å². The Morgan fingerprint density at radius 3 is 2.25 bits per heavy atom. The van der Waals surface area contributed by atoms with E-state index in [0.717, 1.165) is 12.2 Å². The molecule has 0 spiro atoms. The summed E-state index contributed by atoms with van der Waals surface area (Å²) in [4.78, 5) is 6.63. The number of aliphatic hydroxyl groups excluding tert-OH is 1. The summed E-state index contributed by atoms with van der Waals surface area (Å²) in [7, 11) is 0. The van der Waals surface area contributed by atoms with Gasteiger partial charge in [0.05, 0.1) is 23.7 Å². The van der Waals surface area contributed by atoms with Crippen LogP contribution in [0.1, 0.15) is 38.1 Å². The molecule has 3 nitrogen and oxygen atoms in total. The van der Waals surface area contributed by atoms with Gasteiger partial charge in [-0.15, -0.1) is 0 Å². The molecule has 1 unspecified atom stereocenters. The lowest BCUT2D eigenvalue weighted by atomic mass is 10.1. The number of hydrogen-bond acceptors (Lipinski definition) is 3. The van der Waals surface area contributed by atoms with Gasteiger partial charge in [-0.1, -0.05) is 30.3 Å². The van der Waals surface area contributed by atoms with Crippen LogP contribution in [0.15, 0.2) is 48.7 Å². The molecule has 1 N–H and O–H groups in total. The highest BCUT2D eigenvalue weighted by atomic mass is 16.3. The second kappa shape index (κ2) is 6.53. The molecule has 106 valence electrons. The quantitative estimate of drug-likeness (QED) is 0.902. The third-order valence-corrected chi connectivity index (χ3v) is 3.35. The van der Waals surface area contributed by atoms with Gasteiger partial charge < -0.3 is 10.0 Å². The van der Waals surface area contributed by atoms with E-state index in [1.165, 1.54) is 5.56 Å². The molecule has 0 bridgehead atoms. The summed E-state index contributed by atoms with van der Waals surface area (Å²) in [5, 5.41) is 9.52. The van der Waals surface area contributed by atoms with E-state index >= 15 is 0 Å². The van der Waals surface area contributed by atoms with Crippen LogP contribution in [0.3, 0.4) is 0 Å². The predicted molar refractivity (Wildman–Crippen MR) is 82.6 cm³/mol. The zero-order valence-electron chi connectivity index (χ0n) is 12.3. The fraction of sp³-hybridized carbons (Fsp3) is 0.353. The maximum atomic E-state index is 9.52. The zero-order chi connectivity index (χ0) is 14.5. The molecular weight excluding hydrogens is 248 g/mol. The van der Waals surface area contributed by atoms with Gasteiger partial charge in [0, 0.05) is 12.6 Å². The Balaban J connectivity index is 2.20. The summed E-state index contributed by atoms with van der Waals surface area (Å²) in [5.74, 6) is 0. The van der Waals surface area contributed by atoms with Gasteiger partial charge in [-0.3, -0.25) is 4.98 Å². The van der Waals surface area contributed by atoms with Crippen LogP contribution in [0.25, 0.3) is 0 Å². The molecule has 20 heavy (non-hydrogen) atoms. The Bertz CT molecular complexity index is 520. The summed E-state index contributed by atoms with van der Waals surface area (Å²) >= 11 is 0. The van der Waals surface area contributed by atoms with Gasteiger partial charge >= 0.3 is 0 Å². The van der Waals surface area contributed by atoms with Crippen LogP contribution in [0.5, 0.6) is 0 Å². The van der Waals surface area contributed by atoms with Crippen molar-refractivity contribution in [2.24, 2.45) is 0 Å². The highest BCUT2D eigenvalue weighted by molar-refractivity contribution is 5.46. The first-order valence-electron chi connectivity index (χ1n) is 7.02. The highest BCUT2D eigenvalue weighted by Gasteiger charge is 2.12. The van der Waals surface area contributed by atoms with Crippen molar-refractivity contribution in [1.82, 2.24) is 4.98 Å². The van der Waals surface area contributed by atoms with E-state index in [1.807, 2.05) is 24.4 Å². The molecule has 0 radical (unpaired) electrons. The van der Waals surface area contributed by atoms with Crippen molar-refractivity contribution < 1.29 is 5.11 Å². The summed E-state index contributed by atoms with van der Waals surface area (Å²) in [6, 6.07) is 14.7. The lowest BCUT2D eigenvalue weighted by Gasteiger charge is -2.29. The number of benzene rings is 1. The number of pyridine rings is 1.